The number of carbonyl (C=O) groups excluding carboxylic acids is 1. The Labute approximate surface area is 144 Å². The molecule has 1 amide bonds. The van der Waals surface area contributed by atoms with E-state index in [0.717, 1.165) is 21.1 Å². The highest BCUT2D eigenvalue weighted by Gasteiger charge is 2.11. The summed E-state index contributed by atoms with van der Waals surface area (Å²) in [5, 5.41) is 4.44. The maximum Gasteiger partial charge on any atom is 0.251 e. The summed E-state index contributed by atoms with van der Waals surface area (Å²) in [6, 6.07) is 17.0. The number of amides is 1. The maximum absolute atomic E-state index is 12.2. The number of benzene rings is 2. The summed E-state index contributed by atoms with van der Waals surface area (Å²) in [4.78, 5) is 17.8. The predicted octanol–water partition coefficient (Wildman–Crippen LogP) is 4.70. The number of aryl methyl sites for hydroxylation is 1. The van der Waals surface area contributed by atoms with Crippen LogP contribution in [0.5, 0.6) is 0 Å². The van der Waals surface area contributed by atoms with Crippen molar-refractivity contribution >= 4 is 28.8 Å². The van der Waals surface area contributed by atoms with Crippen molar-refractivity contribution in [3.8, 4) is 10.6 Å². The molecule has 0 unspecified atom stereocenters. The minimum Gasteiger partial charge on any atom is -0.347 e. The number of rotatable bonds is 4. The molecule has 23 heavy (non-hydrogen) atoms. The van der Waals surface area contributed by atoms with Crippen LogP contribution in [-0.4, -0.2) is 10.9 Å². The molecule has 0 saturated carbocycles. The van der Waals surface area contributed by atoms with Gasteiger partial charge in [-0.1, -0.05) is 48.0 Å². The van der Waals surface area contributed by atoms with E-state index in [-0.39, 0.29) is 5.91 Å². The summed E-state index contributed by atoms with van der Waals surface area (Å²) in [5.74, 6) is -0.137. The molecule has 0 aliphatic heterocycles. The number of hydrogen-bond donors (Lipinski definition) is 1. The highest BCUT2D eigenvalue weighted by molar-refractivity contribution is 7.15. The molecule has 5 heteroatoms. The van der Waals surface area contributed by atoms with E-state index in [1.165, 1.54) is 0 Å². The normalized spacial score (nSPS) is 10.5. The van der Waals surface area contributed by atoms with E-state index < -0.39 is 0 Å². The Bertz CT molecular complexity index is 830. The lowest BCUT2D eigenvalue weighted by Crippen LogP contribution is -2.22. The summed E-state index contributed by atoms with van der Waals surface area (Å²) >= 11 is 7.52. The van der Waals surface area contributed by atoms with E-state index in [4.69, 9.17) is 11.6 Å². The Morgan fingerprint density at radius 1 is 1.17 bits per heavy atom. The number of thiazole rings is 1. The first-order valence-corrected chi connectivity index (χ1v) is 8.38. The van der Waals surface area contributed by atoms with Crippen molar-refractivity contribution in [3.63, 3.8) is 0 Å². The van der Waals surface area contributed by atoms with Crippen LogP contribution in [-0.2, 0) is 6.54 Å². The number of halogens is 1. The molecule has 3 aromatic rings. The zero-order chi connectivity index (χ0) is 16.2. The van der Waals surface area contributed by atoms with Gasteiger partial charge in [-0.2, -0.15) is 0 Å². The van der Waals surface area contributed by atoms with Crippen molar-refractivity contribution in [2.45, 2.75) is 13.5 Å². The third-order valence-corrected chi connectivity index (χ3v) is 4.85. The molecule has 0 radical (unpaired) electrons. The molecule has 0 saturated heterocycles. The molecule has 0 spiro atoms. The molecule has 0 aliphatic rings. The summed E-state index contributed by atoms with van der Waals surface area (Å²) < 4.78 is 0. The van der Waals surface area contributed by atoms with Gasteiger partial charge in [0.25, 0.3) is 5.91 Å². The maximum atomic E-state index is 12.2. The second-order valence-corrected chi connectivity index (χ2v) is 6.61. The third-order valence-electron chi connectivity index (χ3n) is 3.41. The molecule has 2 aromatic carbocycles. The number of nitrogens with zero attached hydrogens (tertiary/aromatic N) is 1. The molecule has 1 aromatic heterocycles. The lowest BCUT2D eigenvalue weighted by molar-refractivity contribution is 0.0951. The van der Waals surface area contributed by atoms with Crippen LogP contribution in [0.1, 0.15) is 20.9 Å². The van der Waals surface area contributed by atoms with Crippen LogP contribution < -0.4 is 5.32 Å². The fraction of sp³-hybridized carbons (Fsp3) is 0.111. The molecule has 1 heterocycles. The van der Waals surface area contributed by atoms with E-state index in [1.54, 1.807) is 35.6 Å². The van der Waals surface area contributed by atoms with Crippen molar-refractivity contribution in [1.82, 2.24) is 10.3 Å². The smallest absolute Gasteiger partial charge is 0.251 e. The van der Waals surface area contributed by atoms with Crippen LogP contribution in [0.4, 0.5) is 0 Å². The van der Waals surface area contributed by atoms with Crippen molar-refractivity contribution < 1.29 is 4.79 Å². The van der Waals surface area contributed by atoms with E-state index in [9.17, 15) is 4.79 Å². The SMILES string of the molecule is Cc1nc(-c2ccccc2)sc1CNC(=O)c1cccc(Cl)c1. The average Bonchev–Trinajstić information content (AvgIpc) is 2.94. The van der Waals surface area contributed by atoms with Gasteiger partial charge in [0.05, 0.1) is 12.2 Å². The van der Waals surface area contributed by atoms with Gasteiger partial charge in [0.1, 0.15) is 5.01 Å². The molecule has 116 valence electrons. The van der Waals surface area contributed by atoms with Crippen molar-refractivity contribution in [1.29, 1.82) is 0 Å². The number of carbonyl (C=O) groups is 1. The Morgan fingerprint density at radius 3 is 2.70 bits per heavy atom. The first kappa shape index (κ1) is 15.7. The van der Waals surface area contributed by atoms with Gasteiger partial charge in [0.15, 0.2) is 0 Å². The first-order valence-electron chi connectivity index (χ1n) is 7.19. The molecule has 0 aliphatic carbocycles. The Balaban J connectivity index is 1.71. The zero-order valence-electron chi connectivity index (χ0n) is 12.5. The highest BCUT2D eigenvalue weighted by Crippen LogP contribution is 2.27. The number of nitrogens with one attached hydrogen (secondary N) is 1. The van der Waals surface area contributed by atoms with E-state index in [1.807, 2.05) is 37.3 Å². The Kier molecular flexibility index (Phi) is 4.74. The van der Waals surface area contributed by atoms with Gasteiger partial charge in [0.2, 0.25) is 0 Å². The number of aromatic nitrogens is 1. The van der Waals surface area contributed by atoms with Crippen molar-refractivity contribution in [2.75, 3.05) is 0 Å². The summed E-state index contributed by atoms with van der Waals surface area (Å²) in [6.45, 7) is 2.42. The van der Waals surface area contributed by atoms with E-state index in [2.05, 4.69) is 10.3 Å². The minimum atomic E-state index is -0.137. The van der Waals surface area contributed by atoms with Crippen molar-refractivity contribution in [2.24, 2.45) is 0 Å². The third kappa shape index (κ3) is 3.78. The predicted molar refractivity (Wildman–Crippen MR) is 94.9 cm³/mol. The van der Waals surface area contributed by atoms with E-state index >= 15 is 0 Å². The van der Waals surface area contributed by atoms with Gasteiger partial charge < -0.3 is 5.32 Å². The first-order chi connectivity index (χ1) is 11.1. The van der Waals surface area contributed by atoms with Gasteiger partial charge >= 0.3 is 0 Å². The number of hydrogen-bond acceptors (Lipinski definition) is 3. The second-order valence-electron chi connectivity index (χ2n) is 5.09. The van der Waals surface area contributed by atoms with E-state index in [0.29, 0.717) is 17.1 Å². The zero-order valence-corrected chi connectivity index (χ0v) is 14.1. The standard InChI is InChI=1S/C18H15ClN2OS/c1-12-16(23-18(21-12)13-6-3-2-4-7-13)11-20-17(22)14-8-5-9-15(19)10-14/h2-10H,11H2,1H3,(H,20,22). The van der Waals surface area contributed by atoms with Crippen LogP contribution in [0, 0.1) is 6.92 Å². The average molecular weight is 343 g/mol. The largest absolute Gasteiger partial charge is 0.347 e. The summed E-state index contributed by atoms with van der Waals surface area (Å²) in [6.07, 6.45) is 0. The van der Waals surface area contributed by atoms with Crippen LogP contribution in [0.25, 0.3) is 10.6 Å². The second kappa shape index (κ2) is 6.94. The topological polar surface area (TPSA) is 42.0 Å². The van der Waals surface area contributed by atoms with Gasteiger partial charge in [-0.05, 0) is 25.1 Å². The molecule has 0 fully saturated rings. The summed E-state index contributed by atoms with van der Waals surface area (Å²) in [7, 11) is 0. The fourth-order valence-corrected chi connectivity index (χ4v) is 3.39. The van der Waals surface area contributed by atoms with Crippen LogP contribution in [0.3, 0.4) is 0 Å². The molecule has 0 bridgehead atoms. The van der Waals surface area contributed by atoms with Crippen molar-refractivity contribution in [3.05, 3.63) is 75.8 Å². The molecular weight excluding hydrogens is 328 g/mol. The molecule has 3 nitrogen and oxygen atoms in total. The summed E-state index contributed by atoms with van der Waals surface area (Å²) in [5.41, 5.74) is 2.59. The Hall–Kier alpha value is -2.17. The van der Waals surface area contributed by atoms with Crippen LogP contribution in [0.15, 0.2) is 54.6 Å². The molecule has 1 N–H and O–H groups in total. The fourth-order valence-electron chi connectivity index (χ4n) is 2.19. The Morgan fingerprint density at radius 2 is 1.96 bits per heavy atom. The quantitative estimate of drug-likeness (QED) is 0.746. The lowest BCUT2D eigenvalue weighted by atomic mass is 10.2. The molecule has 3 rings (SSSR count). The van der Waals surface area contributed by atoms with Gasteiger partial charge in [-0.15, -0.1) is 11.3 Å². The molecule has 0 atom stereocenters. The highest BCUT2D eigenvalue weighted by atomic mass is 35.5. The van der Waals surface area contributed by atoms with Crippen LogP contribution >= 0.6 is 22.9 Å². The minimum absolute atomic E-state index is 0.137. The van der Waals surface area contributed by atoms with Crippen LogP contribution in [0.2, 0.25) is 5.02 Å². The molecular formula is C18H15ClN2OS. The van der Waals surface area contributed by atoms with Gasteiger partial charge in [-0.25, -0.2) is 4.98 Å². The van der Waals surface area contributed by atoms with Gasteiger partial charge in [0, 0.05) is 21.0 Å². The monoisotopic (exact) mass is 342 g/mol. The van der Waals surface area contributed by atoms with Gasteiger partial charge in [-0.3, -0.25) is 4.79 Å². The lowest BCUT2D eigenvalue weighted by Gasteiger charge is -2.04.